The normalized spacial score (nSPS) is 11.3. The zero-order chi connectivity index (χ0) is 18.8. The van der Waals surface area contributed by atoms with Crippen LogP contribution in [0.1, 0.15) is 35.5 Å². The molecule has 0 fully saturated rings. The molecule has 1 aromatic carbocycles. The highest BCUT2D eigenvalue weighted by Crippen LogP contribution is 2.23. The SMILES string of the molecule is Cc1oc2ncn(CC(C)C)c(=O)c2c1C(=O)N(C)Cc1ccccc1. The topological polar surface area (TPSA) is 68.3 Å². The summed E-state index contributed by atoms with van der Waals surface area (Å²) in [5.41, 5.74) is 1.29. The number of furan rings is 1. The van der Waals surface area contributed by atoms with Gasteiger partial charge in [-0.15, -0.1) is 0 Å². The van der Waals surface area contributed by atoms with Gasteiger partial charge in [-0.1, -0.05) is 44.2 Å². The largest absolute Gasteiger partial charge is 0.442 e. The number of aromatic nitrogens is 2. The minimum absolute atomic E-state index is 0.212. The summed E-state index contributed by atoms with van der Waals surface area (Å²) in [5.74, 6) is 0.461. The summed E-state index contributed by atoms with van der Waals surface area (Å²) in [6.45, 7) is 6.73. The van der Waals surface area contributed by atoms with Crippen molar-refractivity contribution in [1.29, 1.82) is 0 Å². The molecule has 0 atom stereocenters. The number of hydrogen-bond donors (Lipinski definition) is 0. The maximum Gasteiger partial charge on any atom is 0.265 e. The summed E-state index contributed by atoms with van der Waals surface area (Å²) in [4.78, 5) is 31.7. The molecule has 136 valence electrons. The molecule has 1 amide bonds. The zero-order valence-corrected chi connectivity index (χ0v) is 15.5. The molecule has 0 saturated heterocycles. The van der Waals surface area contributed by atoms with E-state index in [1.165, 1.54) is 10.9 Å². The Morgan fingerprint density at radius 2 is 1.96 bits per heavy atom. The highest BCUT2D eigenvalue weighted by atomic mass is 16.3. The number of aryl methyl sites for hydroxylation is 1. The molecule has 0 aliphatic heterocycles. The predicted octanol–water partition coefficient (Wildman–Crippen LogP) is 3.23. The Morgan fingerprint density at radius 3 is 2.62 bits per heavy atom. The van der Waals surface area contributed by atoms with E-state index in [1.807, 2.05) is 44.2 Å². The van der Waals surface area contributed by atoms with Crippen LogP contribution < -0.4 is 5.56 Å². The lowest BCUT2D eigenvalue weighted by Gasteiger charge is -2.17. The van der Waals surface area contributed by atoms with Crippen molar-refractivity contribution in [3.05, 3.63) is 63.9 Å². The van der Waals surface area contributed by atoms with E-state index in [9.17, 15) is 9.59 Å². The third kappa shape index (κ3) is 3.40. The van der Waals surface area contributed by atoms with E-state index in [2.05, 4.69) is 4.98 Å². The molecule has 0 spiro atoms. The minimum atomic E-state index is -0.244. The van der Waals surface area contributed by atoms with E-state index >= 15 is 0 Å². The lowest BCUT2D eigenvalue weighted by atomic mass is 10.1. The molecule has 0 unspecified atom stereocenters. The van der Waals surface area contributed by atoms with E-state index in [-0.39, 0.29) is 22.6 Å². The van der Waals surface area contributed by atoms with Crippen molar-refractivity contribution in [2.24, 2.45) is 5.92 Å². The van der Waals surface area contributed by atoms with Crippen LogP contribution in [0.5, 0.6) is 0 Å². The molecule has 0 aliphatic carbocycles. The Bertz CT molecular complexity index is 987. The number of carbonyl (C=O) groups is 1. The van der Waals surface area contributed by atoms with Gasteiger partial charge in [-0.25, -0.2) is 4.98 Å². The maximum atomic E-state index is 13.0. The summed E-state index contributed by atoms with van der Waals surface area (Å²) in [6.07, 6.45) is 1.48. The fraction of sp³-hybridized carbons (Fsp3) is 0.350. The molecule has 26 heavy (non-hydrogen) atoms. The van der Waals surface area contributed by atoms with Gasteiger partial charge in [-0.2, -0.15) is 0 Å². The van der Waals surface area contributed by atoms with Gasteiger partial charge in [0.1, 0.15) is 17.5 Å². The fourth-order valence-electron chi connectivity index (χ4n) is 3.04. The molecule has 0 radical (unpaired) electrons. The maximum absolute atomic E-state index is 13.0. The first-order chi connectivity index (χ1) is 12.4. The number of fused-ring (bicyclic) bond motifs is 1. The Kier molecular flexibility index (Phi) is 4.93. The van der Waals surface area contributed by atoms with Gasteiger partial charge in [-0.3, -0.25) is 14.2 Å². The molecule has 3 rings (SSSR count). The number of benzene rings is 1. The van der Waals surface area contributed by atoms with Crippen molar-refractivity contribution >= 4 is 17.0 Å². The lowest BCUT2D eigenvalue weighted by molar-refractivity contribution is 0.0785. The summed E-state index contributed by atoms with van der Waals surface area (Å²) in [7, 11) is 1.72. The van der Waals surface area contributed by atoms with Crippen molar-refractivity contribution in [2.45, 2.75) is 33.9 Å². The second-order valence-electron chi connectivity index (χ2n) is 6.96. The minimum Gasteiger partial charge on any atom is -0.442 e. The highest BCUT2D eigenvalue weighted by molar-refractivity contribution is 6.06. The Balaban J connectivity index is 2.02. The van der Waals surface area contributed by atoms with E-state index in [1.54, 1.807) is 18.9 Å². The second-order valence-corrected chi connectivity index (χ2v) is 6.96. The smallest absolute Gasteiger partial charge is 0.265 e. The molecule has 6 heteroatoms. The summed E-state index contributed by atoms with van der Waals surface area (Å²) < 4.78 is 7.13. The van der Waals surface area contributed by atoms with E-state index in [4.69, 9.17) is 4.42 Å². The van der Waals surface area contributed by atoms with Crippen LogP contribution in [0.2, 0.25) is 0 Å². The Labute approximate surface area is 152 Å². The molecule has 0 N–H and O–H groups in total. The van der Waals surface area contributed by atoms with Gasteiger partial charge in [0.25, 0.3) is 11.5 Å². The molecule has 6 nitrogen and oxygen atoms in total. The third-order valence-electron chi connectivity index (χ3n) is 4.24. The quantitative estimate of drug-likeness (QED) is 0.706. The van der Waals surface area contributed by atoms with Crippen LogP contribution in [0, 0.1) is 12.8 Å². The van der Waals surface area contributed by atoms with Gasteiger partial charge in [0, 0.05) is 20.1 Å². The number of rotatable bonds is 5. The number of amides is 1. The van der Waals surface area contributed by atoms with Crippen LogP contribution in [0.4, 0.5) is 0 Å². The van der Waals surface area contributed by atoms with Gasteiger partial charge >= 0.3 is 0 Å². The number of hydrogen-bond acceptors (Lipinski definition) is 4. The molecule has 0 aliphatic rings. The van der Waals surface area contributed by atoms with Crippen LogP contribution in [0.25, 0.3) is 11.1 Å². The van der Waals surface area contributed by atoms with Crippen molar-refractivity contribution in [3.8, 4) is 0 Å². The molecule has 2 heterocycles. The van der Waals surface area contributed by atoms with E-state index < -0.39 is 0 Å². The van der Waals surface area contributed by atoms with Crippen molar-refractivity contribution in [1.82, 2.24) is 14.5 Å². The summed E-state index contributed by atoms with van der Waals surface area (Å²) in [6, 6.07) is 9.71. The molecule has 0 bridgehead atoms. The van der Waals surface area contributed by atoms with Gasteiger partial charge < -0.3 is 9.32 Å². The van der Waals surface area contributed by atoms with Crippen molar-refractivity contribution in [2.75, 3.05) is 7.05 Å². The first-order valence-electron chi connectivity index (χ1n) is 8.66. The Morgan fingerprint density at radius 1 is 1.27 bits per heavy atom. The fourth-order valence-corrected chi connectivity index (χ4v) is 3.04. The van der Waals surface area contributed by atoms with E-state index in [0.717, 1.165) is 5.56 Å². The first kappa shape index (κ1) is 17.9. The lowest BCUT2D eigenvalue weighted by Crippen LogP contribution is -2.29. The molecular weight excluding hydrogens is 330 g/mol. The van der Waals surface area contributed by atoms with Gasteiger partial charge in [0.2, 0.25) is 5.71 Å². The van der Waals surface area contributed by atoms with Crippen LogP contribution in [0.3, 0.4) is 0 Å². The average molecular weight is 353 g/mol. The number of carbonyl (C=O) groups excluding carboxylic acids is 1. The Hall–Kier alpha value is -2.89. The molecule has 3 aromatic rings. The van der Waals surface area contributed by atoms with Crippen LogP contribution in [-0.4, -0.2) is 27.4 Å². The van der Waals surface area contributed by atoms with Crippen LogP contribution in [-0.2, 0) is 13.1 Å². The molecule has 2 aromatic heterocycles. The standard InChI is InChI=1S/C20H23N3O3/c1-13(2)10-23-12-21-18-17(20(23)25)16(14(3)26-18)19(24)22(4)11-15-8-6-5-7-9-15/h5-9,12-13H,10-11H2,1-4H3. The van der Waals surface area contributed by atoms with Gasteiger partial charge in [0.05, 0.1) is 5.56 Å². The molecular formula is C20H23N3O3. The second kappa shape index (κ2) is 7.15. The monoisotopic (exact) mass is 353 g/mol. The summed E-state index contributed by atoms with van der Waals surface area (Å²) >= 11 is 0. The average Bonchev–Trinajstić information content (AvgIpc) is 2.94. The van der Waals surface area contributed by atoms with Gasteiger partial charge in [0.15, 0.2) is 0 Å². The van der Waals surface area contributed by atoms with E-state index in [0.29, 0.717) is 30.3 Å². The number of nitrogens with zero attached hydrogens (tertiary/aromatic N) is 3. The summed E-state index contributed by atoms with van der Waals surface area (Å²) in [5, 5.41) is 0.260. The predicted molar refractivity (Wildman–Crippen MR) is 100 cm³/mol. The van der Waals surface area contributed by atoms with Crippen LogP contribution in [0.15, 0.2) is 45.9 Å². The zero-order valence-electron chi connectivity index (χ0n) is 15.5. The van der Waals surface area contributed by atoms with Crippen LogP contribution >= 0.6 is 0 Å². The third-order valence-corrected chi connectivity index (χ3v) is 4.24. The van der Waals surface area contributed by atoms with Crippen molar-refractivity contribution in [3.63, 3.8) is 0 Å². The van der Waals surface area contributed by atoms with Crippen molar-refractivity contribution < 1.29 is 9.21 Å². The van der Waals surface area contributed by atoms with Gasteiger partial charge in [-0.05, 0) is 18.4 Å². The first-order valence-corrected chi connectivity index (χ1v) is 8.66. The highest BCUT2D eigenvalue weighted by Gasteiger charge is 2.25. The molecule has 0 saturated carbocycles.